The van der Waals surface area contributed by atoms with Crippen LogP contribution in [-0.2, 0) is 16.6 Å². The number of aromatic amines is 1. The van der Waals surface area contributed by atoms with Gasteiger partial charge in [0.1, 0.15) is 10.6 Å². The molecule has 0 amide bonds. The van der Waals surface area contributed by atoms with E-state index in [0.717, 1.165) is 5.56 Å². The lowest BCUT2D eigenvalue weighted by Crippen LogP contribution is -2.26. The number of nitrogens with zero attached hydrogens (tertiary/aromatic N) is 2. The highest BCUT2D eigenvalue weighted by molar-refractivity contribution is 7.89. The minimum atomic E-state index is -3.56. The number of benzene rings is 1. The van der Waals surface area contributed by atoms with Crippen molar-refractivity contribution in [3.8, 4) is 5.75 Å². The predicted octanol–water partition coefficient (Wildman–Crippen LogP) is 1.24. The van der Waals surface area contributed by atoms with Crippen LogP contribution in [0.15, 0.2) is 35.4 Å². The van der Waals surface area contributed by atoms with E-state index in [1.54, 1.807) is 19.1 Å². The zero-order chi connectivity index (χ0) is 14.0. The Morgan fingerprint density at radius 2 is 1.95 bits per heavy atom. The van der Waals surface area contributed by atoms with Gasteiger partial charge in [0.25, 0.3) is 0 Å². The van der Waals surface area contributed by atoms with Crippen LogP contribution in [0.3, 0.4) is 0 Å². The molecule has 1 aromatic heterocycles. The topological polar surface area (TPSA) is 86.3 Å². The first-order chi connectivity index (χ1) is 8.91. The highest BCUT2D eigenvalue weighted by Crippen LogP contribution is 2.19. The summed E-state index contributed by atoms with van der Waals surface area (Å²) in [6.45, 7) is 1.89. The van der Waals surface area contributed by atoms with Gasteiger partial charge in [0.15, 0.2) is 0 Å². The Bertz CT molecular complexity index is 662. The van der Waals surface area contributed by atoms with Crippen LogP contribution in [0.1, 0.15) is 11.3 Å². The molecule has 0 aliphatic carbocycles. The van der Waals surface area contributed by atoms with Crippen molar-refractivity contribution in [2.75, 3.05) is 7.05 Å². The van der Waals surface area contributed by atoms with Crippen molar-refractivity contribution in [3.05, 3.63) is 41.7 Å². The predicted molar refractivity (Wildman–Crippen MR) is 70.1 cm³/mol. The number of sulfonamides is 1. The normalized spacial score (nSPS) is 11.9. The quantitative estimate of drug-likeness (QED) is 0.883. The lowest BCUT2D eigenvalue weighted by atomic mass is 10.2. The second-order valence-electron chi connectivity index (χ2n) is 4.29. The smallest absolute Gasteiger partial charge is 0.246 e. The van der Waals surface area contributed by atoms with E-state index < -0.39 is 10.0 Å². The van der Waals surface area contributed by atoms with Crippen LogP contribution in [0.25, 0.3) is 0 Å². The zero-order valence-corrected chi connectivity index (χ0v) is 11.5. The van der Waals surface area contributed by atoms with Crippen molar-refractivity contribution < 1.29 is 13.5 Å². The Morgan fingerprint density at radius 1 is 1.32 bits per heavy atom. The molecule has 2 rings (SSSR count). The van der Waals surface area contributed by atoms with Crippen LogP contribution >= 0.6 is 0 Å². The fraction of sp³-hybridized carbons (Fsp3) is 0.250. The Balaban J connectivity index is 2.22. The second kappa shape index (κ2) is 5.02. The number of hydrogen-bond donors (Lipinski definition) is 2. The summed E-state index contributed by atoms with van der Waals surface area (Å²) < 4.78 is 25.9. The van der Waals surface area contributed by atoms with Gasteiger partial charge in [0.05, 0.1) is 11.9 Å². The fourth-order valence-corrected chi connectivity index (χ4v) is 2.98. The van der Waals surface area contributed by atoms with Crippen LogP contribution in [0, 0.1) is 6.92 Å². The van der Waals surface area contributed by atoms with Gasteiger partial charge in [-0.15, -0.1) is 0 Å². The SMILES string of the molecule is Cc1[nH]ncc1S(=O)(=O)N(C)Cc1ccc(O)cc1. The maximum atomic E-state index is 12.3. The largest absolute Gasteiger partial charge is 0.508 e. The standard InChI is InChI=1S/C12H15N3O3S/c1-9-12(7-13-14-9)19(17,18)15(2)8-10-3-5-11(16)6-4-10/h3-7,16H,8H2,1-2H3,(H,13,14). The van der Waals surface area contributed by atoms with E-state index in [1.807, 2.05) is 0 Å². The number of aromatic hydroxyl groups is 1. The maximum absolute atomic E-state index is 12.3. The second-order valence-corrected chi connectivity index (χ2v) is 6.30. The zero-order valence-electron chi connectivity index (χ0n) is 10.7. The van der Waals surface area contributed by atoms with Crippen LogP contribution in [0.5, 0.6) is 5.75 Å². The van der Waals surface area contributed by atoms with E-state index in [-0.39, 0.29) is 17.2 Å². The lowest BCUT2D eigenvalue weighted by molar-refractivity contribution is 0.463. The summed E-state index contributed by atoms with van der Waals surface area (Å²) in [6, 6.07) is 6.42. The molecule has 0 bridgehead atoms. The van der Waals surface area contributed by atoms with E-state index in [0.29, 0.717) is 5.69 Å². The Labute approximate surface area is 111 Å². The van der Waals surface area contributed by atoms with Crippen molar-refractivity contribution in [1.29, 1.82) is 0 Å². The number of rotatable bonds is 4. The number of hydrogen-bond acceptors (Lipinski definition) is 4. The van der Waals surface area contributed by atoms with Crippen molar-refractivity contribution >= 4 is 10.0 Å². The number of nitrogens with one attached hydrogen (secondary N) is 1. The van der Waals surface area contributed by atoms with E-state index in [9.17, 15) is 13.5 Å². The molecular weight excluding hydrogens is 266 g/mol. The molecule has 0 aliphatic rings. The van der Waals surface area contributed by atoms with Gasteiger partial charge in [0.2, 0.25) is 10.0 Å². The number of H-pyrrole nitrogens is 1. The van der Waals surface area contributed by atoms with E-state index in [4.69, 9.17) is 0 Å². The molecule has 0 fully saturated rings. The average molecular weight is 281 g/mol. The molecule has 0 unspecified atom stereocenters. The molecule has 0 radical (unpaired) electrons. The maximum Gasteiger partial charge on any atom is 0.246 e. The number of phenols is 1. The molecule has 0 atom stereocenters. The first-order valence-electron chi connectivity index (χ1n) is 5.65. The summed E-state index contributed by atoms with van der Waals surface area (Å²) in [5.41, 5.74) is 1.31. The molecule has 1 aromatic carbocycles. The molecule has 0 saturated carbocycles. The summed E-state index contributed by atoms with van der Waals surface area (Å²) >= 11 is 0. The molecular formula is C12H15N3O3S. The highest BCUT2D eigenvalue weighted by atomic mass is 32.2. The van der Waals surface area contributed by atoms with Gasteiger partial charge >= 0.3 is 0 Å². The van der Waals surface area contributed by atoms with Crippen molar-refractivity contribution in [3.63, 3.8) is 0 Å². The summed E-state index contributed by atoms with van der Waals surface area (Å²) in [5.74, 6) is 0.153. The van der Waals surface area contributed by atoms with Gasteiger partial charge in [0, 0.05) is 13.6 Å². The summed E-state index contributed by atoms with van der Waals surface area (Å²) in [5, 5.41) is 15.5. The molecule has 6 nitrogen and oxygen atoms in total. The van der Waals surface area contributed by atoms with Crippen LogP contribution in [-0.4, -0.2) is 35.1 Å². The summed E-state index contributed by atoms with van der Waals surface area (Å²) in [4.78, 5) is 0.175. The third-order valence-electron chi connectivity index (χ3n) is 2.81. The van der Waals surface area contributed by atoms with E-state index >= 15 is 0 Å². The Hall–Kier alpha value is -1.86. The minimum Gasteiger partial charge on any atom is -0.508 e. The van der Waals surface area contributed by atoms with Gasteiger partial charge < -0.3 is 5.11 Å². The van der Waals surface area contributed by atoms with Gasteiger partial charge in [-0.1, -0.05) is 12.1 Å². The van der Waals surface area contributed by atoms with Gasteiger partial charge in [-0.05, 0) is 24.6 Å². The summed E-state index contributed by atoms with van der Waals surface area (Å²) in [6.07, 6.45) is 1.30. The van der Waals surface area contributed by atoms with Crippen LogP contribution in [0.2, 0.25) is 0 Å². The summed E-state index contributed by atoms with van der Waals surface area (Å²) in [7, 11) is -2.05. The monoisotopic (exact) mass is 281 g/mol. The third kappa shape index (κ3) is 2.77. The van der Waals surface area contributed by atoms with Gasteiger partial charge in [-0.25, -0.2) is 8.42 Å². The molecule has 2 aromatic rings. The van der Waals surface area contributed by atoms with Crippen LogP contribution in [0.4, 0.5) is 0 Å². The Morgan fingerprint density at radius 3 is 2.47 bits per heavy atom. The first-order valence-corrected chi connectivity index (χ1v) is 7.09. The van der Waals surface area contributed by atoms with E-state index in [2.05, 4.69) is 10.2 Å². The molecule has 19 heavy (non-hydrogen) atoms. The van der Waals surface area contributed by atoms with Crippen molar-refractivity contribution in [2.24, 2.45) is 0 Å². The number of aryl methyl sites for hydroxylation is 1. The first kappa shape index (κ1) is 13.6. The molecule has 0 spiro atoms. The van der Waals surface area contributed by atoms with E-state index in [1.165, 1.54) is 29.7 Å². The van der Waals surface area contributed by atoms with Gasteiger partial charge in [-0.3, -0.25) is 5.10 Å². The van der Waals surface area contributed by atoms with Crippen LogP contribution < -0.4 is 0 Å². The van der Waals surface area contributed by atoms with Crippen molar-refractivity contribution in [1.82, 2.24) is 14.5 Å². The number of aromatic nitrogens is 2. The molecule has 1 heterocycles. The Kier molecular flexibility index (Phi) is 3.59. The minimum absolute atomic E-state index is 0.153. The average Bonchev–Trinajstić information content (AvgIpc) is 2.79. The van der Waals surface area contributed by atoms with Crippen molar-refractivity contribution in [2.45, 2.75) is 18.4 Å². The molecule has 102 valence electrons. The lowest BCUT2D eigenvalue weighted by Gasteiger charge is -2.16. The number of phenolic OH excluding ortho intramolecular Hbond substituents is 1. The highest BCUT2D eigenvalue weighted by Gasteiger charge is 2.24. The molecule has 7 heteroatoms. The fourth-order valence-electron chi connectivity index (χ4n) is 1.71. The third-order valence-corrected chi connectivity index (χ3v) is 4.73. The molecule has 0 saturated heterocycles. The molecule has 2 N–H and O–H groups in total. The van der Waals surface area contributed by atoms with Gasteiger partial charge in [-0.2, -0.15) is 9.40 Å². The molecule has 0 aliphatic heterocycles.